The molecule has 0 aromatic rings. The van der Waals surface area contributed by atoms with Crippen molar-refractivity contribution in [2.24, 2.45) is 5.92 Å². The third kappa shape index (κ3) is 3.94. The van der Waals surface area contributed by atoms with E-state index in [1.165, 1.54) is 32.2 Å². The van der Waals surface area contributed by atoms with Crippen LogP contribution in [-0.4, -0.2) is 48.3 Å². The summed E-state index contributed by atoms with van der Waals surface area (Å²) in [6.45, 7) is 7.68. The van der Waals surface area contributed by atoms with Crippen LogP contribution in [0.4, 0.5) is 0 Å². The molecule has 0 aromatic heterocycles. The molecule has 0 spiro atoms. The number of rotatable bonds is 5. The minimum atomic E-state index is -0.377. The van der Waals surface area contributed by atoms with Crippen LogP contribution >= 0.6 is 0 Å². The van der Waals surface area contributed by atoms with E-state index in [-0.39, 0.29) is 5.60 Å². The zero-order chi connectivity index (χ0) is 12.1. The van der Waals surface area contributed by atoms with E-state index in [2.05, 4.69) is 17.1 Å². The molecule has 0 amide bonds. The van der Waals surface area contributed by atoms with Crippen molar-refractivity contribution in [1.29, 1.82) is 0 Å². The Morgan fingerprint density at radius 3 is 2.65 bits per heavy atom. The van der Waals surface area contributed by atoms with Crippen LogP contribution in [0.1, 0.15) is 45.4 Å². The highest BCUT2D eigenvalue weighted by Crippen LogP contribution is 2.30. The highest BCUT2D eigenvalue weighted by Gasteiger charge is 2.33. The largest absolute Gasteiger partial charge is 0.389 e. The van der Waals surface area contributed by atoms with Gasteiger partial charge in [-0.3, -0.25) is 0 Å². The number of likely N-dealkylation sites (N-methyl/N-ethyl adjacent to an activating group) is 1. The van der Waals surface area contributed by atoms with Gasteiger partial charge in [0.15, 0.2) is 0 Å². The Morgan fingerprint density at radius 1 is 1.29 bits per heavy atom. The van der Waals surface area contributed by atoms with Crippen LogP contribution in [0, 0.1) is 5.92 Å². The molecule has 3 nitrogen and oxygen atoms in total. The van der Waals surface area contributed by atoms with Crippen molar-refractivity contribution < 1.29 is 5.11 Å². The molecule has 1 unspecified atom stereocenters. The van der Waals surface area contributed by atoms with Gasteiger partial charge in [-0.25, -0.2) is 0 Å². The fourth-order valence-electron chi connectivity index (χ4n) is 3.36. The quantitative estimate of drug-likeness (QED) is 0.766. The van der Waals surface area contributed by atoms with E-state index in [1.54, 1.807) is 0 Å². The van der Waals surface area contributed by atoms with E-state index >= 15 is 0 Å². The van der Waals surface area contributed by atoms with Crippen LogP contribution in [0.25, 0.3) is 0 Å². The maximum absolute atomic E-state index is 10.5. The fourth-order valence-corrected chi connectivity index (χ4v) is 3.36. The Labute approximate surface area is 106 Å². The van der Waals surface area contributed by atoms with E-state index in [9.17, 15) is 5.11 Å². The van der Waals surface area contributed by atoms with E-state index in [4.69, 9.17) is 0 Å². The molecule has 1 saturated heterocycles. The van der Waals surface area contributed by atoms with Crippen LogP contribution in [0.2, 0.25) is 0 Å². The normalized spacial score (nSPS) is 28.8. The first kappa shape index (κ1) is 13.3. The van der Waals surface area contributed by atoms with Gasteiger partial charge in [0.05, 0.1) is 5.60 Å². The summed E-state index contributed by atoms with van der Waals surface area (Å²) in [5, 5.41) is 13.9. The highest BCUT2D eigenvalue weighted by molar-refractivity contribution is 4.88. The summed E-state index contributed by atoms with van der Waals surface area (Å²) in [5.41, 5.74) is -0.377. The topological polar surface area (TPSA) is 35.5 Å². The van der Waals surface area contributed by atoms with Crippen molar-refractivity contribution in [2.75, 3.05) is 32.7 Å². The van der Waals surface area contributed by atoms with Gasteiger partial charge in [0.2, 0.25) is 0 Å². The SMILES string of the molecule is CCN(CC1CCCNC1)CC1(O)CCCC1. The number of hydrogen-bond acceptors (Lipinski definition) is 3. The summed E-state index contributed by atoms with van der Waals surface area (Å²) >= 11 is 0. The van der Waals surface area contributed by atoms with Crippen molar-refractivity contribution >= 4 is 0 Å². The van der Waals surface area contributed by atoms with Gasteiger partial charge in [-0.15, -0.1) is 0 Å². The zero-order valence-corrected chi connectivity index (χ0v) is 11.2. The third-order valence-corrected chi connectivity index (χ3v) is 4.41. The number of nitrogens with zero attached hydrogens (tertiary/aromatic N) is 1. The van der Waals surface area contributed by atoms with Gasteiger partial charge in [-0.1, -0.05) is 19.8 Å². The second kappa shape index (κ2) is 6.17. The molecule has 2 rings (SSSR count). The van der Waals surface area contributed by atoms with Crippen molar-refractivity contribution in [3.05, 3.63) is 0 Å². The molecule has 2 aliphatic rings. The lowest BCUT2D eigenvalue weighted by Gasteiger charge is -2.34. The monoisotopic (exact) mass is 240 g/mol. The molecule has 1 heterocycles. The number of hydrogen-bond donors (Lipinski definition) is 2. The summed E-state index contributed by atoms with van der Waals surface area (Å²) in [4.78, 5) is 2.46. The minimum absolute atomic E-state index is 0.377. The molecular formula is C14H28N2O. The number of nitrogens with one attached hydrogen (secondary N) is 1. The van der Waals surface area contributed by atoms with Crippen LogP contribution < -0.4 is 5.32 Å². The van der Waals surface area contributed by atoms with E-state index in [0.717, 1.165) is 44.9 Å². The predicted octanol–water partition coefficient (Wildman–Crippen LogP) is 1.61. The molecule has 17 heavy (non-hydrogen) atoms. The molecule has 2 fully saturated rings. The zero-order valence-electron chi connectivity index (χ0n) is 11.2. The molecule has 1 saturated carbocycles. The van der Waals surface area contributed by atoms with Crippen molar-refractivity contribution in [1.82, 2.24) is 10.2 Å². The summed E-state index contributed by atoms with van der Waals surface area (Å²) in [6.07, 6.45) is 7.09. The van der Waals surface area contributed by atoms with Crippen molar-refractivity contribution in [2.45, 2.75) is 51.0 Å². The Hall–Kier alpha value is -0.120. The molecule has 1 aliphatic carbocycles. The smallest absolute Gasteiger partial charge is 0.0774 e. The van der Waals surface area contributed by atoms with Gasteiger partial charge in [0.1, 0.15) is 0 Å². The molecular weight excluding hydrogens is 212 g/mol. The second-order valence-corrected chi connectivity index (χ2v) is 5.97. The first-order valence-corrected chi connectivity index (χ1v) is 7.37. The van der Waals surface area contributed by atoms with Gasteiger partial charge in [-0.05, 0) is 51.2 Å². The maximum Gasteiger partial charge on any atom is 0.0774 e. The summed E-state index contributed by atoms with van der Waals surface area (Å²) in [6, 6.07) is 0. The lowest BCUT2D eigenvalue weighted by Crippen LogP contribution is -2.45. The fraction of sp³-hybridized carbons (Fsp3) is 1.00. The molecule has 2 N–H and O–H groups in total. The van der Waals surface area contributed by atoms with Gasteiger partial charge < -0.3 is 15.3 Å². The lowest BCUT2D eigenvalue weighted by molar-refractivity contribution is 0.00582. The Bertz CT molecular complexity index is 220. The second-order valence-electron chi connectivity index (χ2n) is 5.97. The van der Waals surface area contributed by atoms with Gasteiger partial charge in [-0.2, -0.15) is 0 Å². The standard InChI is InChI=1S/C14H28N2O/c1-2-16(11-13-6-5-9-15-10-13)12-14(17)7-3-4-8-14/h13,15,17H,2-12H2,1H3. The van der Waals surface area contributed by atoms with Crippen LogP contribution in [0.15, 0.2) is 0 Å². The molecule has 1 aliphatic heterocycles. The Balaban J connectivity index is 1.79. The van der Waals surface area contributed by atoms with E-state index in [1.807, 2.05) is 0 Å². The maximum atomic E-state index is 10.5. The lowest BCUT2D eigenvalue weighted by atomic mass is 9.97. The van der Waals surface area contributed by atoms with Crippen LogP contribution in [0.3, 0.4) is 0 Å². The first-order valence-electron chi connectivity index (χ1n) is 7.37. The number of aliphatic hydroxyl groups is 1. The van der Waals surface area contributed by atoms with Crippen molar-refractivity contribution in [3.8, 4) is 0 Å². The molecule has 3 heteroatoms. The Kier molecular flexibility index (Phi) is 4.83. The van der Waals surface area contributed by atoms with Gasteiger partial charge >= 0.3 is 0 Å². The van der Waals surface area contributed by atoms with Crippen molar-refractivity contribution in [3.63, 3.8) is 0 Å². The molecule has 0 radical (unpaired) electrons. The minimum Gasteiger partial charge on any atom is -0.389 e. The summed E-state index contributed by atoms with van der Waals surface area (Å²) < 4.78 is 0. The number of piperidine rings is 1. The summed E-state index contributed by atoms with van der Waals surface area (Å²) in [5.74, 6) is 0.786. The molecule has 0 aromatic carbocycles. The van der Waals surface area contributed by atoms with Crippen LogP contribution in [-0.2, 0) is 0 Å². The molecule has 100 valence electrons. The third-order valence-electron chi connectivity index (χ3n) is 4.41. The average molecular weight is 240 g/mol. The van der Waals surface area contributed by atoms with E-state index < -0.39 is 0 Å². The highest BCUT2D eigenvalue weighted by atomic mass is 16.3. The van der Waals surface area contributed by atoms with Gasteiger partial charge in [0.25, 0.3) is 0 Å². The van der Waals surface area contributed by atoms with E-state index in [0.29, 0.717) is 0 Å². The summed E-state index contributed by atoms with van der Waals surface area (Å²) in [7, 11) is 0. The molecule has 1 atom stereocenters. The van der Waals surface area contributed by atoms with Gasteiger partial charge in [0, 0.05) is 13.1 Å². The first-order chi connectivity index (χ1) is 8.22. The predicted molar refractivity (Wildman–Crippen MR) is 71.1 cm³/mol. The van der Waals surface area contributed by atoms with Crippen LogP contribution in [0.5, 0.6) is 0 Å². The molecule has 0 bridgehead atoms. The average Bonchev–Trinajstić information content (AvgIpc) is 2.76. The Morgan fingerprint density at radius 2 is 2.06 bits per heavy atom.